The zero-order valence-electron chi connectivity index (χ0n) is 32.6. The average Bonchev–Trinajstić information content (AvgIpc) is 3.53. The van der Waals surface area contributed by atoms with Crippen LogP contribution >= 0.6 is 0 Å². The minimum absolute atomic E-state index is 0.447. The first kappa shape index (κ1) is 36.8. The number of hydrogen-bond acceptors (Lipinski definition) is 0. The second-order valence-electron chi connectivity index (χ2n) is 16.6. The molecule has 4 aromatic carbocycles. The van der Waals surface area contributed by atoms with Crippen molar-refractivity contribution < 1.29 is 0 Å². The van der Waals surface area contributed by atoms with Gasteiger partial charge in [-0.15, -0.1) is 0 Å². The Kier molecular flexibility index (Phi) is 11.4. The Morgan fingerprint density at radius 2 is 0.755 bits per heavy atom. The monoisotopic (exact) mass is 666 g/mol. The van der Waals surface area contributed by atoms with E-state index in [0.717, 1.165) is 12.8 Å². The van der Waals surface area contributed by atoms with E-state index >= 15 is 0 Å². The lowest BCUT2D eigenvalue weighted by Gasteiger charge is -2.39. The van der Waals surface area contributed by atoms with Gasteiger partial charge in [-0.25, -0.2) is 0 Å². The van der Waals surface area contributed by atoms with Gasteiger partial charge in [0.2, 0.25) is 0 Å². The third kappa shape index (κ3) is 7.68. The molecule has 0 atom stereocenters. The zero-order valence-corrected chi connectivity index (χ0v) is 33.6. The highest BCUT2D eigenvalue weighted by molar-refractivity contribution is 7.16. The van der Waals surface area contributed by atoms with E-state index in [9.17, 15) is 0 Å². The van der Waals surface area contributed by atoms with Crippen molar-refractivity contribution in [3.05, 3.63) is 147 Å². The summed E-state index contributed by atoms with van der Waals surface area (Å²) in [5, 5.41) is 6.22. The number of rotatable bonds is 12. The Labute approximate surface area is 300 Å². The lowest BCUT2D eigenvalue weighted by molar-refractivity contribution is 0.834. The number of benzene rings is 4. The Balaban J connectivity index is 2.02. The molecule has 5 rings (SSSR count). The normalized spacial score (nSPS) is 13.8. The zero-order chi connectivity index (χ0) is 35.6. The molecule has 1 aliphatic carbocycles. The summed E-state index contributed by atoms with van der Waals surface area (Å²) >= 11 is 0. The van der Waals surface area contributed by atoms with E-state index in [2.05, 4.69) is 180 Å². The van der Waals surface area contributed by atoms with Gasteiger partial charge in [0.05, 0.1) is 0 Å². The fraction of sp³-hybridized carbons (Fsp3) is 0.417. The van der Waals surface area contributed by atoms with Crippen molar-refractivity contribution in [1.29, 1.82) is 0 Å². The molecule has 0 saturated carbocycles. The summed E-state index contributed by atoms with van der Waals surface area (Å²) < 4.78 is 0. The van der Waals surface area contributed by atoms with Crippen LogP contribution in [0.15, 0.2) is 108 Å². The van der Waals surface area contributed by atoms with Gasteiger partial charge in [-0.1, -0.05) is 180 Å². The van der Waals surface area contributed by atoms with Gasteiger partial charge in [0.1, 0.15) is 0 Å². The lowest BCUT2D eigenvalue weighted by atomic mass is 9.95. The molecule has 0 fully saturated rings. The van der Waals surface area contributed by atoms with E-state index in [4.69, 9.17) is 0 Å². The Bertz CT molecular complexity index is 1580. The van der Waals surface area contributed by atoms with Crippen LogP contribution in [-0.4, -0.2) is 8.07 Å². The molecular weight excluding hydrogens is 605 g/mol. The van der Waals surface area contributed by atoms with Crippen LogP contribution in [0.4, 0.5) is 0 Å². The number of allylic oxidation sites excluding steroid dienone is 4. The van der Waals surface area contributed by atoms with Crippen molar-refractivity contribution in [1.82, 2.24) is 0 Å². The van der Waals surface area contributed by atoms with Crippen molar-refractivity contribution >= 4 is 23.6 Å². The van der Waals surface area contributed by atoms with Crippen LogP contribution < -0.4 is 15.6 Å². The molecule has 0 heterocycles. The van der Waals surface area contributed by atoms with E-state index in [1.54, 1.807) is 20.8 Å². The molecule has 0 aromatic heterocycles. The molecule has 0 nitrogen and oxygen atoms in total. The molecule has 0 bridgehead atoms. The molecule has 0 amide bonds. The van der Waals surface area contributed by atoms with Gasteiger partial charge < -0.3 is 0 Å². The van der Waals surface area contributed by atoms with E-state index in [1.165, 1.54) is 44.5 Å². The molecule has 0 aliphatic heterocycles. The molecular formula is C48H62Si. The molecule has 0 unspecified atom stereocenters. The quantitative estimate of drug-likeness (QED) is 0.104. The molecule has 0 radical (unpaired) electrons. The van der Waals surface area contributed by atoms with Gasteiger partial charge in [-0.05, 0) is 114 Å². The molecule has 49 heavy (non-hydrogen) atoms. The maximum Gasteiger partial charge on any atom is 0.179 e. The van der Waals surface area contributed by atoms with Gasteiger partial charge >= 0.3 is 0 Å². The van der Waals surface area contributed by atoms with Crippen molar-refractivity contribution in [2.24, 2.45) is 0 Å². The molecule has 258 valence electrons. The largest absolute Gasteiger partial charge is 0.179 e. The highest BCUT2D eigenvalue weighted by Crippen LogP contribution is 2.35. The van der Waals surface area contributed by atoms with Crippen LogP contribution in [0, 0.1) is 0 Å². The second-order valence-corrected chi connectivity index (χ2v) is 20.4. The van der Waals surface area contributed by atoms with Gasteiger partial charge in [-0.2, -0.15) is 0 Å². The summed E-state index contributed by atoms with van der Waals surface area (Å²) in [6.07, 6.45) is 7.14. The van der Waals surface area contributed by atoms with Gasteiger partial charge in [-0.3, -0.25) is 0 Å². The molecule has 0 N–H and O–H groups in total. The smallest absolute Gasteiger partial charge is 0.0801 e. The Morgan fingerprint density at radius 3 is 1.06 bits per heavy atom. The molecule has 1 aliphatic rings. The fourth-order valence-electron chi connectivity index (χ4n) is 7.58. The first-order valence-corrected chi connectivity index (χ1v) is 21.1. The summed E-state index contributed by atoms with van der Waals surface area (Å²) in [6, 6.07) is 34.5. The topological polar surface area (TPSA) is 0 Å². The van der Waals surface area contributed by atoms with Crippen LogP contribution in [0.1, 0.15) is 164 Å². The van der Waals surface area contributed by atoms with E-state index in [1.807, 2.05) is 0 Å². The highest BCUT2D eigenvalue weighted by Gasteiger charge is 2.46. The van der Waals surface area contributed by atoms with E-state index in [0.29, 0.717) is 35.5 Å². The predicted molar refractivity (Wildman–Crippen MR) is 219 cm³/mol. The summed E-state index contributed by atoms with van der Waals surface area (Å²) in [5.74, 6) is 2.68. The van der Waals surface area contributed by atoms with Gasteiger partial charge in [0.15, 0.2) is 8.07 Å². The van der Waals surface area contributed by atoms with Crippen molar-refractivity contribution in [2.45, 2.75) is 131 Å². The van der Waals surface area contributed by atoms with Crippen LogP contribution in [0.25, 0.3) is 0 Å². The maximum absolute atomic E-state index is 2.88. The standard InChI is InChI=1S/C48H62Si/c1-31(2)39-22-40(32(3)4)26-45(25-39)49(46-27-41(33(5)6)23-42(28-46)34(7)8,47-29-43(35(9)10)24-44(30-47)36(11)12)48-20-16-19-38(48)21-37-17-14-13-15-18-37/h13-15,17-20,22-36H,16,21H2,1-12H3. The van der Waals surface area contributed by atoms with Crippen LogP contribution in [0.2, 0.25) is 0 Å². The molecule has 1 heteroatoms. The fourth-order valence-corrected chi connectivity index (χ4v) is 12.9. The summed E-state index contributed by atoms with van der Waals surface area (Å²) in [6.45, 7) is 28.4. The SMILES string of the molecule is CC(C)c1cc(C(C)C)cc([Si](C2=CCC=C2Cc2ccccc2)(c2cc(C(C)C)cc(C(C)C)c2)c2cc(C(C)C)cc(C(C)C)c2)c1. The highest BCUT2D eigenvalue weighted by atomic mass is 28.3. The van der Waals surface area contributed by atoms with Crippen molar-refractivity contribution in [2.75, 3.05) is 0 Å². The summed E-state index contributed by atoms with van der Waals surface area (Å²) in [7, 11) is -2.88. The first-order chi connectivity index (χ1) is 23.2. The van der Waals surface area contributed by atoms with Crippen LogP contribution in [0.3, 0.4) is 0 Å². The van der Waals surface area contributed by atoms with E-state index in [-0.39, 0.29) is 0 Å². The van der Waals surface area contributed by atoms with Gasteiger partial charge in [0.25, 0.3) is 0 Å². The Hall–Kier alpha value is -3.42. The van der Waals surface area contributed by atoms with E-state index < -0.39 is 8.07 Å². The van der Waals surface area contributed by atoms with Crippen LogP contribution in [-0.2, 0) is 6.42 Å². The second kappa shape index (κ2) is 15.2. The molecule has 0 saturated heterocycles. The lowest BCUT2D eigenvalue weighted by Crippen LogP contribution is -2.69. The minimum Gasteiger partial charge on any atom is -0.0801 e. The summed E-state index contributed by atoms with van der Waals surface area (Å²) in [5.41, 5.74) is 11.6. The maximum atomic E-state index is 2.64. The van der Waals surface area contributed by atoms with Crippen molar-refractivity contribution in [3.8, 4) is 0 Å². The number of hydrogen-bond donors (Lipinski definition) is 0. The van der Waals surface area contributed by atoms with Crippen molar-refractivity contribution in [3.63, 3.8) is 0 Å². The summed E-state index contributed by atoms with van der Waals surface area (Å²) in [4.78, 5) is 0. The third-order valence-electron chi connectivity index (χ3n) is 10.9. The minimum atomic E-state index is -2.88. The third-order valence-corrected chi connectivity index (χ3v) is 15.7. The average molecular weight is 667 g/mol. The first-order valence-electron chi connectivity index (χ1n) is 19.1. The Morgan fingerprint density at radius 1 is 0.429 bits per heavy atom. The predicted octanol–water partition coefficient (Wildman–Crippen LogP) is 11.9. The molecule has 4 aromatic rings. The van der Waals surface area contributed by atoms with Gasteiger partial charge in [0, 0.05) is 0 Å². The van der Waals surface area contributed by atoms with Crippen LogP contribution in [0.5, 0.6) is 0 Å². The molecule has 0 spiro atoms.